The molecule has 4 heterocycles. The van der Waals surface area contributed by atoms with Crippen molar-refractivity contribution in [2.24, 2.45) is 4.99 Å². The van der Waals surface area contributed by atoms with Crippen molar-refractivity contribution in [1.29, 1.82) is 0 Å². The summed E-state index contributed by atoms with van der Waals surface area (Å²) in [6.07, 6.45) is 2.93. The molecule has 5 rings (SSSR count). The number of pyridine rings is 1. The topological polar surface area (TPSA) is 50.9 Å². The van der Waals surface area contributed by atoms with Crippen molar-refractivity contribution in [3.8, 4) is 17.1 Å². The number of furan rings is 1. The highest BCUT2D eigenvalue weighted by atomic mass is 32.2. The second kappa shape index (κ2) is 8.19. The van der Waals surface area contributed by atoms with Gasteiger partial charge in [-0.05, 0) is 61.9 Å². The molecule has 2 aliphatic heterocycles. The highest BCUT2D eigenvalue weighted by Crippen LogP contribution is 2.49. The van der Waals surface area contributed by atoms with Gasteiger partial charge in [0.05, 0.1) is 12.3 Å². The van der Waals surface area contributed by atoms with Crippen LogP contribution in [0.2, 0.25) is 0 Å². The van der Waals surface area contributed by atoms with Crippen molar-refractivity contribution < 1.29 is 9.15 Å². The van der Waals surface area contributed by atoms with Gasteiger partial charge in [-0.2, -0.15) is 0 Å². The van der Waals surface area contributed by atoms with Crippen LogP contribution in [-0.4, -0.2) is 33.5 Å². The Morgan fingerprint density at radius 2 is 1.97 bits per heavy atom. The predicted octanol–water partition coefficient (Wildman–Crippen LogP) is 5.72. The van der Waals surface area contributed by atoms with E-state index in [1.54, 1.807) is 0 Å². The fraction of sp³-hybridized carbons (Fsp3) is 0.333. The fourth-order valence-corrected chi connectivity index (χ4v) is 5.55. The molecule has 0 bridgehead atoms. The van der Waals surface area contributed by atoms with Crippen LogP contribution in [0.4, 0.5) is 0 Å². The molecule has 1 fully saturated rings. The lowest BCUT2D eigenvalue weighted by atomic mass is 10.0. The molecule has 154 valence electrons. The number of hydrogen-bond donors (Lipinski definition) is 0. The van der Waals surface area contributed by atoms with Crippen LogP contribution in [0, 0.1) is 0 Å². The van der Waals surface area contributed by atoms with Gasteiger partial charge in [0, 0.05) is 23.6 Å². The predicted molar refractivity (Wildman–Crippen MR) is 121 cm³/mol. The number of thioether (sulfide) groups is 1. The van der Waals surface area contributed by atoms with E-state index in [-0.39, 0.29) is 12.1 Å². The number of fused-ring (bicyclic) bond motifs is 1. The summed E-state index contributed by atoms with van der Waals surface area (Å²) >= 11 is 1.84. The highest BCUT2D eigenvalue weighted by molar-refractivity contribution is 8.14. The van der Waals surface area contributed by atoms with Gasteiger partial charge in [0.25, 0.3) is 0 Å². The Balaban J connectivity index is 1.49. The van der Waals surface area contributed by atoms with Crippen LogP contribution in [0.3, 0.4) is 0 Å². The molecule has 30 heavy (non-hydrogen) atoms. The third kappa shape index (κ3) is 3.39. The normalized spacial score (nSPS) is 22.8. The number of ether oxygens (including phenoxy) is 1. The summed E-state index contributed by atoms with van der Waals surface area (Å²) in [6.45, 7) is 4.89. The highest BCUT2D eigenvalue weighted by Gasteiger charge is 2.46. The van der Waals surface area contributed by atoms with Crippen LogP contribution in [-0.2, 0) is 0 Å². The van der Waals surface area contributed by atoms with E-state index >= 15 is 0 Å². The van der Waals surface area contributed by atoms with Crippen molar-refractivity contribution in [2.45, 2.75) is 38.4 Å². The summed E-state index contributed by atoms with van der Waals surface area (Å²) in [5, 5.41) is 1.11. The lowest BCUT2D eigenvalue weighted by Crippen LogP contribution is -2.35. The van der Waals surface area contributed by atoms with Crippen molar-refractivity contribution in [2.75, 3.05) is 12.4 Å². The van der Waals surface area contributed by atoms with Gasteiger partial charge in [-0.15, -0.1) is 0 Å². The smallest absolute Gasteiger partial charge is 0.161 e. The molecule has 6 heteroatoms. The first-order chi connectivity index (χ1) is 14.8. The molecule has 1 aromatic carbocycles. The largest absolute Gasteiger partial charge is 0.494 e. The van der Waals surface area contributed by atoms with Gasteiger partial charge in [-0.1, -0.05) is 24.8 Å². The molecule has 0 N–H and O–H groups in total. The third-order valence-electron chi connectivity index (χ3n) is 5.70. The molecule has 0 amide bonds. The standard InChI is InChI=1S/C24H25N3O2S/c1-3-17-15-30-24-26-22(19-7-5-6-14-25-19)23(27(17)24)21-13-12-20(29-21)16-8-10-18(11-9-16)28-4-2/h5-14,17,22-23H,3-4,15H2,1-2H3/t17-,22-,23-/m1/s1. The summed E-state index contributed by atoms with van der Waals surface area (Å²) in [4.78, 5) is 12.1. The minimum absolute atomic E-state index is 0.0336. The first-order valence-corrected chi connectivity index (χ1v) is 11.5. The zero-order valence-electron chi connectivity index (χ0n) is 17.2. The van der Waals surface area contributed by atoms with E-state index in [0.717, 1.165) is 45.9 Å². The number of nitrogens with zero attached hydrogens (tertiary/aromatic N) is 3. The van der Waals surface area contributed by atoms with E-state index in [1.165, 1.54) is 0 Å². The van der Waals surface area contributed by atoms with Crippen molar-refractivity contribution in [3.05, 3.63) is 72.2 Å². The SMILES string of the molecule is CCOc1ccc(-c2ccc([C@@H]3[C@@H](c4ccccn4)N=C4SC[C@@H](CC)N43)o2)cc1. The monoisotopic (exact) mass is 419 g/mol. The molecule has 2 aromatic heterocycles. The molecule has 0 aliphatic carbocycles. The molecule has 0 saturated carbocycles. The number of benzene rings is 1. The summed E-state index contributed by atoms with van der Waals surface area (Å²) in [6, 6.07) is 18.7. The Labute approximate surface area is 181 Å². The van der Waals surface area contributed by atoms with Gasteiger partial charge in [-0.25, -0.2) is 4.99 Å². The van der Waals surface area contributed by atoms with E-state index in [1.807, 2.05) is 61.3 Å². The van der Waals surface area contributed by atoms with Gasteiger partial charge >= 0.3 is 0 Å². The maximum atomic E-state index is 6.41. The number of amidine groups is 1. The Morgan fingerprint density at radius 1 is 1.10 bits per heavy atom. The van der Waals surface area contributed by atoms with Gasteiger partial charge < -0.3 is 14.1 Å². The van der Waals surface area contributed by atoms with Crippen LogP contribution in [0.1, 0.15) is 43.8 Å². The van der Waals surface area contributed by atoms with E-state index in [2.05, 4.69) is 35.0 Å². The molecule has 3 atom stereocenters. The molecule has 5 nitrogen and oxygen atoms in total. The maximum Gasteiger partial charge on any atom is 0.161 e. The average Bonchev–Trinajstić information content (AvgIpc) is 3.50. The van der Waals surface area contributed by atoms with Gasteiger partial charge in [0.15, 0.2) is 5.17 Å². The van der Waals surface area contributed by atoms with Crippen LogP contribution in [0.25, 0.3) is 11.3 Å². The number of aliphatic imine (C=N–C) groups is 1. The molecule has 2 aliphatic rings. The molecule has 0 radical (unpaired) electrons. The molecular formula is C24H25N3O2S. The fourth-order valence-electron chi connectivity index (χ4n) is 4.21. The lowest BCUT2D eigenvalue weighted by molar-refractivity contribution is 0.226. The van der Waals surface area contributed by atoms with Crippen molar-refractivity contribution in [1.82, 2.24) is 9.88 Å². The molecule has 0 spiro atoms. The van der Waals surface area contributed by atoms with Crippen LogP contribution in [0.15, 0.2) is 70.2 Å². The van der Waals surface area contributed by atoms with E-state index in [0.29, 0.717) is 12.6 Å². The van der Waals surface area contributed by atoms with Crippen LogP contribution in [0.5, 0.6) is 5.75 Å². The Kier molecular flexibility index (Phi) is 5.25. The van der Waals surface area contributed by atoms with Crippen molar-refractivity contribution in [3.63, 3.8) is 0 Å². The van der Waals surface area contributed by atoms with E-state index < -0.39 is 0 Å². The average molecular weight is 420 g/mol. The van der Waals surface area contributed by atoms with E-state index in [4.69, 9.17) is 14.1 Å². The second-order valence-electron chi connectivity index (χ2n) is 7.50. The van der Waals surface area contributed by atoms with Gasteiger partial charge in [0.2, 0.25) is 0 Å². The molecule has 1 saturated heterocycles. The zero-order valence-corrected chi connectivity index (χ0v) is 18.0. The van der Waals surface area contributed by atoms with Crippen LogP contribution < -0.4 is 4.74 Å². The Bertz CT molecular complexity index is 1030. The minimum atomic E-state index is -0.0534. The zero-order chi connectivity index (χ0) is 20.5. The van der Waals surface area contributed by atoms with E-state index in [9.17, 15) is 0 Å². The van der Waals surface area contributed by atoms with Gasteiger partial charge in [0.1, 0.15) is 29.4 Å². The van der Waals surface area contributed by atoms with Crippen molar-refractivity contribution >= 4 is 16.9 Å². The second-order valence-corrected chi connectivity index (χ2v) is 8.48. The Morgan fingerprint density at radius 3 is 2.70 bits per heavy atom. The van der Waals surface area contributed by atoms with Crippen LogP contribution >= 0.6 is 11.8 Å². The molecule has 0 unspecified atom stereocenters. The number of rotatable bonds is 6. The quantitative estimate of drug-likeness (QED) is 0.511. The maximum absolute atomic E-state index is 6.41. The lowest BCUT2D eigenvalue weighted by Gasteiger charge is -2.30. The Hall–Kier alpha value is -2.73. The molecule has 3 aromatic rings. The number of hydrogen-bond acceptors (Lipinski definition) is 6. The first-order valence-electron chi connectivity index (χ1n) is 10.5. The summed E-state index contributed by atoms with van der Waals surface area (Å²) < 4.78 is 12.0. The molecular weight excluding hydrogens is 394 g/mol. The summed E-state index contributed by atoms with van der Waals surface area (Å²) in [5.41, 5.74) is 2.03. The summed E-state index contributed by atoms with van der Waals surface area (Å²) in [5.74, 6) is 3.75. The first kappa shape index (κ1) is 19.2. The van der Waals surface area contributed by atoms with Gasteiger partial charge in [-0.3, -0.25) is 4.98 Å². The number of aromatic nitrogens is 1. The summed E-state index contributed by atoms with van der Waals surface area (Å²) in [7, 11) is 0. The minimum Gasteiger partial charge on any atom is -0.494 e. The third-order valence-corrected chi connectivity index (χ3v) is 6.82.